The summed E-state index contributed by atoms with van der Waals surface area (Å²) in [5, 5.41) is 7.85. The lowest BCUT2D eigenvalue weighted by Gasteiger charge is -2.32. The minimum absolute atomic E-state index is 0.0666. The second-order valence-electron chi connectivity index (χ2n) is 9.53. The zero-order chi connectivity index (χ0) is 21.9. The number of methoxy groups -OCH3 is 1. The van der Waals surface area contributed by atoms with E-state index in [1.807, 2.05) is 28.9 Å². The average Bonchev–Trinajstić information content (AvgIpc) is 3.16. The molecule has 0 atom stereocenters. The lowest BCUT2D eigenvalue weighted by atomic mass is 10.0. The maximum Gasteiger partial charge on any atom is 0.272 e. The number of ether oxygens (including phenoxy) is 1. The number of rotatable bonds is 6. The van der Waals surface area contributed by atoms with Gasteiger partial charge in [-0.2, -0.15) is 5.10 Å². The van der Waals surface area contributed by atoms with Crippen LogP contribution in [0.25, 0.3) is 0 Å². The van der Waals surface area contributed by atoms with Crippen molar-refractivity contribution in [2.75, 3.05) is 20.2 Å². The molecule has 1 aliphatic heterocycles. The molecule has 1 aliphatic rings. The van der Waals surface area contributed by atoms with Gasteiger partial charge in [0.25, 0.3) is 5.91 Å². The summed E-state index contributed by atoms with van der Waals surface area (Å²) in [5.74, 6) is 1.18. The molecule has 2 aromatic rings. The van der Waals surface area contributed by atoms with Crippen LogP contribution in [0, 0.1) is 0 Å². The number of piperidine rings is 1. The van der Waals surface area contributed by atoms with Crippen LogP contribution in [0.4, 0.5) is 0 Å². The minimum atomic E-state index is -0.151. The smallest absolute Gasteiger partial charge is 0.272 e. The fraction of sp³-hybridized carbons (Fsp3) is 0.583. The van der Waals surface area contributed by atoms with E-state index in [2.05, 4.69) is 56.0 Å². The number of nitrogens with one attached hydrogen (secondary N) is 1. The predicted octanol–water partition coefficient (Wildman–Crippen LogP) is 4.16. The lowest BCUT2D eigenvalue weighted by Crippen LogP contribution is -2.44. The Morgan fingerprint density at radius 2 is 1.90 bits per heavy atom. The number of likely N-dealkylation sites (tertiary alicyclic amines) is 1. The molecule has 3 rings (SSSR count). The summed E-state index contributed by atoms with van der Waals surface area (Å²) in [6.45, 7) is 13.4. The molecular weight excluding hydrogens is 376 g/mol. The monoisotopic (exact) mass is 412 g/mol. The fourth-order valence-corrected chi connectivity index (χ4v) is 4.02. The van der Waals surface area contributed by atoms with E-state index in [1.54, 1.807) is 7.11 Å². The largest absolute Gasteiger partial charge is 0.496 e. The van der Waals surface area contributed by atoms with Crippen LogP contribution in [-0.4, -0.2) is 46.8 Å². The van der Waals surface area contributed by atoms with Gasteiger partial charge in [-0.1, -0.05) is 32.0 Å². The molecule has 0 aliphatic carbocycles. The fourth-order valence-electron chi connectivity index (χ4n) is 4.02. The van der Waals surface area contributed by atoms with Crippen LogP contribution in [0.3, 0.4) is 0 Å². The molecule has 1 aromatic heterocycles. The Bertz CT molecular complexity index is 858. The highest BCUT2D eigenvalue weighted by molar-refractivity contribution is 5.92. The van der Waals surface area contributed by atoms with Gasteiger partial charge in [0.15, 0.2) is 0 Å². The topological polar surface area (TPSA) is 59.4 Å². The number of carbonyl (C=O) groups excluding carboxylic acids is 1. The van der Waals surface area contributed by atoms with E-state index >= 15 is 0 Å². The molecule has 30 heavy (non-hydrogen) atoms. The molecule has 6 nitrogen and oxygen atoms in total. The molecule has 1 N–H and O–H groups in total. The molecular formula is C24H36N4O2. The van der Waals surface area contributed by atoms with Gasteiger partial charge in [-0.3, -0.25) is 14.4 Å². The maximum atomic E-state index is 12.9. The summed E-state index contributed by atoms with van der Waals surface area (Å²) in [6.07, 6.45) is 1.88. The van der Waals surface area contributed by atoms with E-state index in [0.717, 1.165) is 43.9 Å². The number of benzene rings is 1. The number of hydrogen-bond donors (Lipinski definition) is 1. The van der Waals surface area contributed by atoms with Gasteiger partial charge in [0.1, 0.15) is 11.4 Å². The Morgan fingerprint density at radius 3 is 2.47 bits per heavy atom. The second-order valence-corrected chi connectivity index (χ2v) is 9.53. The molecule has 0 spiro atoms. The van der Waals surface area contributed by atoms with Crippen molar-refractivity contribution in [2.24, 2.45) is 0 Å². The van der Waals surface area contributed by atoms with Crippen molar-refractivity contribution in [1.82, 2.24) is 20.0 Å². The number of hydrogen-bond acceptors (Lipinski definition) is 4. The molecule has 0 radical (unpaired) electrons. The molecule has 0 unspecified atom stereocenters. The van der Waals surface area contributed by atoms with Crippen molar-refractivity contribution < 1.29 is 9.53 Å². The quantitative estimate of drug-likeness (QED) is 0.774. The van der Waals surface area contributed by atoms with Crippen LogP contribution in [0.5, 0.6) is 5.75 Å². The highest BCUT2D eigenvalue weighted by Gasteiger charge is 2.26. The van der Waals surface area contributed by atoms with Gasteiger partial charge in [0.2, 0.25) is 0 Å². The number of carbonyl (C=O) groups is 1. The standard InChI is InChI=1S/C24H36N4O2/c1-17(2)21-15-20(26-28(21)24(3,4)5)23(29)25-19-11-13-27(14-12-19)16-18-9-7-8-10-22(18)30-6/h7-10,15,17,19H,11-14,16H2,1-6H3,(H,25,29). The van der Waals surface area contributed by atoms with Gasteiger partial charge in [0, 0.05) is 36.9 Å². The summed E-state index contributed by atoms with van der Waals surface area (Å²) in [5.41, 5.74) is 2.67. The highest BCUT2D eigenvalue weighted by atomic mass is 16.5. The third kappa shape index (κ3) is 5.22. The van der Waals surface area contributed by atoms with Crippen LogP contribution in [0.2, 0.25) is 0 Å². The van der Waals surface area contributed by atoms with Crippen molar-refractivity contribution in [3.63, 3.8) is 0 Å². The molecule has 0 saturated carbocycles. The average molecular weight is 413 g/mol. The molecule has 6 heteroatoms. The van der Waals surface area contributed by atoms with Gasteiger partial charge < -0.3 is 10.1 Å². The third-order valence-corrected chi connectivity index (χ3v) is 5.71. The molecule has 2 heterocycles. The summed E-state index contributed by atoms with van der Waals surface area (Å²) in [4.78, 5) is 15.3. The van der Waals surface area contributed by atoms with Crippen molar-refractivity contribution in [2.45, 2.75) is 71.5 Å². The van der Waals surface area contributed by atoms with E-state index in [4.69, 9.17) is 4.74 Å². The van der Waals surface area contributed by atoms with E-state index < -0.39 is 0 Å². The molecule has 1 fully saturated rings. The molecule has 164 valence electrons. The maximum absolute atomic E-state index is 12.9. The molecule has 1 amide bonds. The Morgan fingerprint density at radius 1 is 1.23 bits per heavy atom. The Balaban J connectivity index is 1.58. The Labute approximate surface area is 180 Å². The molecule has 1 aromatic carbocycles. The van der Waals surface area contributed by atoms with E-state index in [0.29, 0.717) is 11.6 Å². The van der Waals surface area contributed by atoms with Gasteiger partial charge in [0.05, 0.1) is 12.6 Å². The summed E-state index contributed by atoms with van der Waals surface area (Å²) in [6, 6.07) is 10.3. The minimum Gasteiger partial charge on any atom is -0.496 e. The van der Waals surface area contributed by atoms with E-state index in [9.17, 15) is 4.79 Å². The predicted molar refractivity (Wildman–Crippen MR) is 120 cm³/mol. The molecule has 1 saturated heterocycles. The number of para-hydroxylation sites is 1. The van der Waals surface area contributed by atoms with Crippen LogP contribution in [-0.2, 0) is 12.1 Å². The number of aromatic nitrogens is 2. The summed E-state index contributed by atoms with van der Waals surface area (Å²) < 4.78 is 7.46. The van der Waals surface area contributed by atoms with Crippen molar-refractivity contribution in [3.8, 4) is 5.75 Å². The van der Waals surface area contributed by atoms with Crippen LogP contribution >= 0.6 is 0 Å². The SMILES string of the molecule is COc1ccccc1CN1CCC(NC(=O)c2cc(C(C)C)n(C(C)(C)C)n2)CC1. The van der Waals surface area contributed by atoms with Crippen molar-refractivity contribution in [3.05, 3.63) is 47.3 Å². The highest BCUT2D eigenvalue weighted by Crippen LogP contribution is 2.24. The first kappa shape index (κ1) is 22.3. The van der Waals surface area contributed by atoms with Crippen LogP contribution in [0.15, 0.2) is 30.3 Å². The van der Waals surface area contributed by atoms with Crippen LogP contribution < -0.4 is 10.1 Å². The summed E-state index contributed by atoms with van der Waals surface area (Å²) in [7, 11) is 1.71. The summed E-state index contributed by atoms with van der Waals surface area (Å²) >= 11 is 0. The van der Waals surface area contributed by atoms with Crippen LogP contribution in [0.1, 0.15) is 75.1 Å². The van der Waals surface area contributed by atoms with Gasteiger partial charge in [-0.15, -0.1) is 0 Å². The number of amides is 1. The van der Waals surface area contributed by atoms with Gasteiger partial charge >= 0.3 is 0 Å². The normalized spacial score (nSPS) is 16.1. The van der Waals surface area contributed by atoms with Crippen molar-refractivity contribution in [1.29, 1.82) is 0 Å². The zero-order valence-electron chi connectivity index (χ0n) is 19.2. The van der Waals surface area contributed by atoms with Gasteiger partial charge in [-0.05, 0) is 51.7 Å². The second kappa shape index (κ2) is 9.21. The van der Waals surface area contributed by atoms with E-state index in [-0.39, 0.29) is 17.5 Å². The first-order valence-electron chi connectivity index (χ1n) is 10.9. The third-order valence-electron chi connectivity index (χ3n) is 5.71. The first-order chi connectivity index (χ1) is 14.2. The Kier molecular flexibility index (Phi) is 6.86. The van der Waals surface area contributed by atoms with E-state index in [1.165, 1.54) is 5.56 Å². The van der Waals surface area contributed by atoms with Crippen molar-refractivity contribution >= 4 is 5.91 Å². The molecule has 0 bridgehead atoms. The first-order valence-corrected chi connectivity index (χ1v) is 10.9. The Hall–Kier alpha value is -2.34. The zero-order valence-corrected chi connectivity index (χ0v) is 19.2. The number of nitrogens with zero attached hydrogens (tertiary/aromatic N) is 3. The lowest BCUT2D eigenvalue weighted by molar-refractivity contribution is 0.0902. The van der Waals surface area contributed by atoms with Gasteiger partial charge in [-0.25, -0.2) is 0 Å².